The number of benzene rings is 1. The van der Waals surface area contributed by atoms with Gasteiger partial charge in [0.1, 0.15) is 6.04 Å². The Hall–Kier alpha value is -2.96. The topological polar surface area (TPSA) is 77.0 Å². The molecular weight excluding hydrogens is 342 g/mol. The molecule has 7 nitrogen and oxygen atoms in total. The molecule has 1 atom stereocenters. The molecule has 3 aromatic rings. The van der Waals surface area contributed by atoms with Crippen LogP contribution >= 0.6 is 0 Å². The number of amides is 1. The van der Waals surface area contributed by atoms with E-state index in [1.807, 2.05) is 53.8 Å². The summed E-state index contributed by atoms with van der Waals surface area (Å²) in [6.45, 7) is 6.48. The van der Waals surface area contributed by atoms with Gasteiger partial charge in [0, 0.05) is 17.8 Å². The average molecular weight is 365 g/mol. The predicted octanol–water partition coefficient (Wildman–Crippen LogP) is 3.09. The second-order valence-electron chi connectivity index (χ2n) is 7.00. The highest BCUT2D eigenvalue weighted by Crippen LogP contribution is 2.32. The molecule has 4 rings (SSSR count). The van der Waals surface area contributed by atoms with Crippen molar-refractivity contribution in [1.82, 2.24) is 24.8 Å². The Morgan fingerprint density at radius 3 is 2.70 bits per heavy atom. The van der Waals surface area contributed by atoms with E-state index in [9.17, 15) is 4.79 Å². The molecule has 3 heterocycles. The van der Waals surface area contributed by atoms with E-state index in [-0.39, 0.29) is 11.9 Å². The van der Waals surface area contributed by atoms with E-state index >= 15 is 0 Å². The van der Waals surface area contributed by atoms with Crippen molar-refractivity contribution < 1.29 is 9.32 Å². The molecule has 1 aliphatic rings. The fourth-order valence-corrected chi connectivity index (χ4v) is 3.77. The largest absolute Gasteiger partial charge is 0.337 e. The second kappa shape index (κ2) is 6.98. The summed E-state index contributed by atoms with van der Waals surface area (Å²) in [5.74, 6) is 1.21. The first kappa shape index (κ1) is 17.5. The minimum absolute atomic E-state index is 0.0761. The summed E-state index contributed by atoms with van der Waals surface area (Å²) in [6, 6.07) is 9.85. The van der Waals surface area contributed by atoms with Crippen molar-refractivity contribution in [2.45, 2.75) is 46.1 Å². The first-order valence-corrected chi connectivity index (χ1v) is 9.25. The van der Waals surface area contributed by atoms with Gasteiger partial charge in [0.05, 0.1) is 17.8 Å². The van der Waals surface area contributed by atoms with Crippen LogP contribution in [0, 0.1) is 20.8 Å². The molecule has 1 aliphatic heterocycles. The Balaban J connectivity index is 1.57. The van der Waals surface area contributed by atoms with Crippen LogP contribution in [0.25, 0.3) is 5.69 Å². The van der Waals surface area contributed by atoms with Crippen LogP contribution in [0.3, 0.4) is 0 Å². The highest BCUT2D eigenvalue weighted by atomic mass is 16.5. The third-order valence-corrected chi connectivity index (χ3v) is 5.17. The van der Waals surface area contributed by atoms with Crippen molar-refractivity contribution in [3.05, 3.63) is 59.0 Å². The standard InChI is InChI=1S/C20H23N5O2/c1-13-17(14(2)25(22-13)16-8-5-4-6-9-16)12-19(26)24-11-7-10-18(24)20-21-15(3)23-27-20/h4-6,8-9,18H,7,10-12H2,1-3H3/t18-/m0/s1. The maximum atomic E-state index is 13.1. The van der Waals surface area contributed by atoms with Gasteiger partial charge in [0.2, 0.25) is 11.8 Å². The SMILES string of the molecule is Cc1noc([C@@H]2CCCN2C(=O)Cc2c(C)nn(-c3ccccc3)c2C)n1. The van der Waals surface area contributed by atoms with Crippen molar-refractivity contribution in [2.75, 3.05) is 6.54 Å². The maximum Gasteiger partial charge on any atom is 0.249 e. The molecule has 0 saturated carbocycles. The van der Waals surface area contributed by atoms with Gasteiger partial charge in [0.25, 0.3) is 0 Å². The molecule has 0 radical (unpaired) electrons. The lowest BCUT2D eigenvalue weighted by Gasteiger charge is -2.22. The van der Waals surface area contributed by atoms with Crippen LogP contribution in [-0.2, 0) is 11.2 Å². The summed E-state index contributed by atoms with van der Waals surface area (Å²) in [7, 11) is 0. The third kappa shape index (κ3) is 3.25. The Morgan fingerprint density at radius 1 is 1.22 bits per heavy atom. The van der Waals surface area contributed by atoms with Gasteiger partial charge in [-0.3, -0.25) is 4.79 Å². The number of carbonyl (C=O) groups is 1. The number of rotatable bonds is 4. The van der Waals surface area contributed by atoms with E-state index < -0.39 is 0 Å². The van der Waals surface area contributed by atoms with E-state index in [1.54, 1.807) is 6.92 Å². The summed E-state index contributed by atoms with van der Waals surface area (Å²) in [4.78, 5) is 19.2. The zero-order valence-electron chi connectivity index (χ0n) is 15.8. The van der Waals surface area contributed by atoms with E-state index in [0.717, 1.165) is 42.0 Å². The van der Waals surface area contributed by atoms with Crippen LogP contribution in [-0.4, -0.2) is 37.3 Å². The lowest BCUT2D eigenvalue weighted by atomic mass is 10.1. The van der Waals surface area contributed by atoms with E-state index in [2.05, 4.69) is 15.2 Å². The van der Waals surface area contributed by atoms with Gasteiger partial charge in [-0.15, -0.1) is 0 Å². The zero-order chi connectivity index (χ0) is 19.0. The molecule has 2 aromatic heterocycles. The fourth-order valence-electron chi connectivity index (χ4n) is 3.77. The zero-order valence-corrected chi connectivity index (χ0v) is 15.8. The normalized spacial score (nSPS) is 16.9. The third-order valence-electron chi connectivity index (χ3n) is 5.17. The number of likely N-dealkylation sites (tertiary alicyclic amines) is 1. The maximum absolute atomic E-state index is 13.1. The predicted molar refractivity (Wildman–Crippen MR) is 99.5 cm³/mol. The molecule has 0 unspecified atom stereocenters. The van der Waals surface area contributed by atoms with Gasteiger partial charge < -0.3 is 9.42 Å². The van der Waals surface area contributed by atoms with E-state index in [1.165, 1.54) is 0 Å². The smallest absolute Gasteiger partial charge is 0.249 e. The molecular formula is C20H23N5O2. The lowest BCUT2D eigenvalue weighted by molar-refractivity contribution is -0.131. The van der Waals surface area contributed by atoms with Crippen molar-refractivity contribution in [1.29, 1.82) is 0 Å². The molecule has 0 spiro atoms. The van der Waals surface area contributed by atoms with Crippen molar-refractivity contribution in [3.8, 4) is 5.69 Å². The first-order chi connectivity index (χ1) is 13.0. The number of aromatic nitrogens is 4. The van der Waals surface area contributed by atoms with Gasteiger partial charge in [0.15, 0.2) is 5.82 Å². The fraction of sp³-hybridized carbons (Fsp3) is 0.400. The second-order valence-corrected chi connectivity index (χ2v) is 7.00. The number of para-hydroxylation sites is 1. The molecule has 1 fully saturated rings. The molecule has 140 valence electrons. The van der Waals surface area contributed by atoms with Gasteiger partial charge in [-0.2, -0.15) is 10.1 Å². The highest BCUT2D eigenvalue weighted by molar-refractivity contribution is 5.80. The van der Waals surface area contributed by atoms with Crippen LogP contribution in [0.5, 0.6) is 0 Å². The van der Waals surface area contributed by atoms with Gasteiger partial charge in [-0.1, -0.05) is 23.4 Å². The van der Waals surface area contributed by atoms with Crippen molar-refractivity contribution in [2.24, 2.45) is 0 Å². The van der Waals surface area contributed by atoms with Gasteiger partial charge in [-0.05, 0) is 45.7 Å². The lowest BCUT2D eigenvalue weighted by Crippen LogP contribution is -2.32. The van der Waals surface area contributed by atoms with E-state index in [0.29, 0.717) is 18.1 Å². The molecule has 1 aromatic carbocycles. The minimum atomic E-state index is -0.122. The minimum Gasteiger partial charge on any atom is -0.337 e. The van der Waals surface area contributed by atoms with Crippen LogP contribution in [0.2, 0.25) is 0 Å². The average Bonchev–Trinajstić information content (AvgIpc) is 3.37. The first-order valence-electron chi connectivity index (χ1n) is 9.25. The summed E-state index contributed by atoms with van der Waals surface area (Å²) in [5.41, 5.74) is 3.86. The number of carbonyl (C=O) groups excluding carboxylic acids is 1. The molecule has 0 N–H and O–H groups in total. The number of aryl methyl sites for hydroxylation is 2. The Labute approximate surface area is 158 Å². The van der Waals surface area contributed by atoms with Crippen molar-refractivity contribution >= 4 is 5.91 Å². The highest BCUT2D eigenvalue weighted by Gasteiger charge is 2.34. The molecule has 0 bridgehead atoms. The van der Waals surface area contributed by atoms with Crippen LogP contribution in [0.4, 0.5) is 0 Å². The Morgan fingerprint density at radius 2 is 2.00 bits per heavy atom. The molecule has 27 heavy (non-hydrogen) atoms. The van der Waals surface area contributed by atoms with Gasteiger partial charge in [-0.25, -0.2) is 4.68 Å². The summed E-state index contributed by atoms with van der Waals surface area (Å²) < 4.78 is 7.22. The van der Waals surface area contributed by atoms with Crippen LogP contribution < -0.4 is 0 Å². The Bertz CT molecular complexity index is 960. The van der Waals surface area contributed by atoms with E-state index in [4.69, 9.17) is 4.52 Å². The van der Waals surface area contributed by atoms with Gasteiger partial charge >= 0.3 is 0 Å². The summed E-state index contributed by atoms with van der Waals surface area (Å²) in [5, 5.41) is 8.51. The number of hydrogen-bond acceptors (Lipinski definition) is 5. The molecule has 7 heteroatoms. The number of hydrogen-bond donors (Lipinski definition) is 0. The molecule has 0 aliphatic carbocycles. The summed E-state index contributed by atoms with van der Waals surface area (Å²) in [6.07, 6.45) is 2.13. The monoisotopic (exact) mass is 365 g/mol. The molecule has 1 amide bonds. The quantitative estimate of drug-likeness (QED) is 0.710. The van der Waals surface area contributed by atoms with Crippen LogP contribution in [0.1, 0.15) is 47.5 Å². The van der Waals surface area contributed by atoms with Crippen LogP contribution in [0.15, 0.2) is 34.9 Å². The summed E-state index contributed by atoms with van der Waals surface area (Å²) >= 11 is 0. The molecule has 1 saturated heterocycles. The Kier molecular flexibility index (Phi) is 4.51. The van der Waals surface area contributed by atoms with Crippen molar-refractivity contribution in [3.63, 3.8) is 0 Å². The number of nitrogens with zero attached hydrogens (tertiary/aromatic N) is 5.